The maximum absolute atomic E-state index is 14.8. The summed E-state index contributed by atoms with van der Waals surface area (Å²) in [7, 11) is -2.95. The Morgan fingerprint density at radius 3 is 1.85 bits per heavy atom. The van der Waals surface area contributed by atoms with E-state index in [9.17, 15) is 4.57 Å². The fourth-order valence-corrected chi connectivity index (χ4v) is 6.95. The third kappa shape index (κ3) is 4.27. The Labute approximate surface area is 195 Å². The molecule has 0 unspecified atom stereocenters. The smallest absolute Gasteiger partial charge is 0.149 e. The number of hydrogen-bond donors (Lipinski definition) is 0. The molecular formula is C30H26NOP. The van der Waals surface area contributed by atoms with Crippen LogP contribution in [0.25, 0.3) is 22.0 Å². The van der Waals surface area contributed by atoms with Crippen LogP contribution in [0.2, 0.25) is 0 Å². The van der Waals surface area contributed by atoms with Gasteiger partial charge in [0.25, 0.3) is 0 Å². The van der Waals surface area contributed by atoms with Crippen LogP contribution in [0.1, 0.15) is 16.8 Å². The fraction of sp³-hybridized carbons (Fsp3) is 0.100. The summed E-state index contributed by atoms with van der Waals surface area (Å²) in [5.41, 5.74) is 6.35. The van der Waals surface area contributed by atoms with Crippen LogP contribution < -0.4 is 10.6 Å². The van der Waals surface area contributed by atoms with Crippen LogP contribution in [-0.2, 0) is 10.7 Å². The minimum absolute atomic E-state index is 0.369. The summed E-state index contributed by atoms with van der Waals surface area (Å²) in [5.74, 6) is 0. The third-order valence-electron chi connectivity index (χ3n) is 6.13. The van der Waals surface area contributed by atoms with Crippen LogP contribution in [0.15, 0.2) is 109 Å². The summed E-state index contributed by atoms with van der Waals surface area (Å²) in [6.07, 6.45) is 0.369. The van der Waals surface area contributed by atoms with Crippen LogP contribution in [0.4, 0.5) is 0 Å². The number of aromatic nitrogens is 1. The van der Waals surface area contributed by atoms with Gasteiger partial charge in [-0.3, -0.25) is 4.98 Å². The van der Waals surface area contributed by atoms with Crippen molar-refractivity contribution in [2.24, 2.45) is 0 Å². The van der Waals surface area contributed by atoms with E-state index in [1.54, 1.807) is 0 Å². The van der Waals surface area contributed by atoms with Crippen LogP contribution >= 0.6 is 7.14 Å². The first-order valence-corrected chi connectivity index (χ1v) is 13.1. The van der Waals surface area contributed by atoms with E-state index in [0.29, 0.717) is 6.16 Å². The molecule has 5 rings (SSSR count). The van der Waals surface area contributed by atoms with Crippen molar-refractivity contribution in [2.75, 3.05) is 0 Å². The van der Waals surface area contributed by atoms with Gasteiger partial charge in [0.05, 0.1) is 17.4 Å². The second kappa shape index (κ2) is 8.81. The topological polar surface area (TPSA) is 30.0 Å². The summed E-state index contributed by atoms with van der Waals surface area (Å²) >= 11 is 0. The number of benzene rings is 4. The van der Waals surface area contributed by atoms with Gasteiger partial charge in [0, 0.05) is 21.6 Å². The molecule has 5 aromatic rings. The molecular weight excluding hydrogens is 421 g/mol. The van der Waals surface area contributed by atoms with Gasteiger partial charge >= 0.3 is 0 Å². The van der Waals surface area contributed by atoms with E-state index >= 15 is 0 Å². The first-order chi connectivity index (χ1) is 16.0. The zero-order valence-electron chi connectivity index (χ0n) is 18.9. The van der Waals surface area contributed by atoms with Gasteiger partial charge in [-0.15, -0.1) is 0 Å². The molecule has 2 nitrogen and oxygen atoms in total. The fourth-order valence-electron chi connectivity index (χ4n) is 4.32. The maximum atomic E-state index is 14.8. The first-order valence-electron chi connectivity index (χ1n) is 11.2. The van der Waals surface area contributed by atoms with Crippen molar-refractivity contribution in [3.8, 4) is 11.1 Å². The second-order valence-corrected chi connectivity index (χ2v) is 11.4. The van der Waals surface area contributed by atoms with E-state index in [1.807, 2.05) is 60.7 Å². The Morgan fingerprint density at radius 1 is 0.667 bits per heavy atom. The summed E-state index contributed by atoms with van der Waals surface area (Å²) in [6.45, 7) is 4.18. The lowest BCUT2D eigenvalue weighted by Gasteiger charge is -2.21. The summed E-state index contributed by atoms with van der Waals surface area (Å²) in [4.78, 5) is 5.08. The molecule has 0 amide bonds. The van der Waals surface area contributed by atoms with Crippen molar-refractivity contribution in [1.82, 2.24) is 4.98 Å². The summed E-state index contributed by atoms with van der Waals surface area (Å²) in [5, 5.41) is 2.82. The number of rotatable bonds is 5. The minimum Gasteiger partial charge on any atom is -0.313 e. The zero-order chi connectivity index (χ0) is 22.8. The maximum Gasteiger partial charge on any atom is 0.149 e. The van der Waals surface area contributed by atoms with Gasteiger partial charge in [0.2, 0.25) is 0 Å². The molecule has 0 saturated carbocycles. The zero-order valence-corrected chi connectivity index (χ0v) is 19.8. The van der Waals surface area contributed by atoms with Gasteiger partial charge < -0.3 is 4.57 Å². The first kappa shape index (κ1) is 21.4. The highest BCUT2D eigenvalue weighted by Gasteiger charge is 2.29. The molecule has 33 heavy (non-hydrogen) atoms. The molecule has 3 heteroatoms. The normalized spacial score (nSPS) is 11.6. The molecule has 4 aromatic carbocycles. The number of hydrogen-bond acceptors (Lipinski definition) is 2. The van der Waals surface area contributed by atoms with Gasteiger partial charge in [0.15, 0.2) is 0 Å². The molecule has 1 aromatic heterocycles. The monoisotopic (exact) mass is 447 g/mol. The summed E-state index contributed by atoms with van der Waals surface area (Å²) < 4.78 is 14.8. The standard InChI is InChI=1S/C30H26NOP/c1-22-13-16-24(17-14-22)28-20-25-19-23(2)15-18-29(25)31-30(28)21-33(32,26-9-5-3-6-10-26)27-11-7-4-8-12-27/h3-20H,21H2,1-2H3. The van der Waals surface area contributed by atoms with E-state index in [0.717, 1.165) is 38.3 Å². The van der Waals surface area contributed by atoms with Gasteiger partial charge in [-0.05, 0) is 37.6 Å². The van der Waals surface area contributed by atoms with Crippen LogP contribution in [0.3, 0.4) is 0 Å². The molecule has 0 aliphatic rings. The predicted octanol–water partition coefficient (Wildman–Crippen LogP) is 7.03. The molecule has 0 spiro atoms. The van der Waals surface area contributed by atoms with E-state index < -0.39 is 7.14 Å². The van der Waals surface area contributed by atoms with Gasteiger partial charge in [-0.2, -0.15) is 0 Å². The Kier molecular flexibility index (Phi) is 5.70. The van der Waals surface area contributed by atoms with Gasteiger partial charge in [-0.1, -0.05) is 102 Å². The van der Waals surface area contributed by atoms with Gasteiger partial charge in [-0.25, -0.2) is 0 Å². The number of nitrogens with zero attached hydrogens (tertiary/aromatic N) is 1. The molecule has 0 bridgehead atoms. The minimum atomic E-state index is -2.95. The van der Waals surface area contributed by atoms with Gasteiger partial charge in [0.1, 0.15) is 7.14 Å². The van der Waals surface area contributed by atoms with E-state index in [1.165, 1.54) is 11.1 Å². The summed E-state index contributed by atoms with van der Waals surface area (Å²) in [6, 6.07) is 36.7. The predicted molar refractivity (Wildman–Crippen MR) is 140 cm³/mol. The average Bonchev–Trinajstić information content (AvgIpc) is 2.85. The van der Waals surface area contributed by atoms with Crippen LogP contribution in [0.5, 0.6) is 0 Å². The van der Waals surface area contributed by atoms with Crippen LogP contribution in [-0.4, -0.2) is 4.98 Å². The molecule has 0 saturated heterocycles. The van der Waals surface area contributed by atoms with Crippen molar-refractivity contribution in [2.45, 2.75) is 20.0 Å². The van der Waals surface area contributed by atoms with Crippen molar-refractivity contribution >= 4 is 28.7 Å². The molecule has 0 aliphatic heterocycles. The highest BCUT2D eigenvalue weighted by Crippen LogP contribution is 2.48. The van der Waals surface area contributed by atoms with Crippen molar-refractivity contribution < 1.29 is 4.57 Å². The molecule has 0 radical (unpaired) electrons. The molecule has 0 aliphatic carbocycles. The third-order valence-corrected chi connectivity index (χ3v) is 9.14. The molecule has 0 atom stereocenters. The Bertz CT molecular complexity index is 1420. The number of fused-ring (bicyclic) bond motifs is 1. The molecule has 162 valence electrons. The second-order valence-electron chi connectivity index (χ2n) is 8.61. The average molecular weight is 448 g/mol. The van der Waals surface area contributed by atoms with Crippen molar-refractivity contribution in [1.29, 1.82) is 0 Å². The number of aryl methyl sites for hydroxylation is 2. The molecule has 0 fully saturated rings. The molecule has 0 N–H and O–H groups in total. The van der Waals surface area contributed by atoms with E-state index in [-0.39, 0.29) is 0 Å². The highest BCUT2D eigenvalue weighted by molar-refractivity contribution is 7.78. The van der Waals surface area contributed by atoms with Crippen LogP contribution in [0, 0.1) is 13.8 Å². The number of pyridine rings is 1. The quantitative estimate of drug-likeness (QED) is 0.271. The SMILES string of the molecule is Cc1ccc(-c2cc3cc(C)ccc3nc2CP(=O)(c2ccccc2)c2ccccc2)cc1. The Balaban J connectivity index is 1.74. The van der Waals surface area contributed by atoms with E-state index in [2.05, 4.69) is 62.4 Å². The van der Waals surface area contributed by atoms with E-state index in [4.69, 9.17) is 4.98 Å². The lowest BCUT2D eigenvalue weighted by molar-refractivity contribution is 0.586. The molecule has 1 heterocycles. The van der Waals surface area contributed by atoms with Crippen molar-refractivity contribution in [3.05, 3.63) is 126 Å². The highest BCUT2D eigenvalue weighted by atomic mass is 31.2. The van der Waals surface area contributed by atoms with Crippen molar-refractivity contribution in [3.63, 3.8) is 0 Å². The Hall–Kier alpha value is -3.48. The largest absolute Gasteiger partial charge is 0.313 e. The Morgan fingerprint density at radius 2 is 1.24 bits per heavy atom. The lowest BCUT2D eigenvalue weighted by Crippen LogP contribution is -2.18. The lowest BCUT2D eigenvalue weighted by atomic mass is 10.0.